The molecule has 0 spiro atoms. The largest absolute Gasteiger partial charge is 0.354 e. The first-order chi connectivity index (χ1) is 9.31. The van der Waals surface area contributed by atoms with Crippen LogP contribution in [0.2, 0.25) is 0 Å². The van der Waals surface area contributed by atoms with Gasteiger partial charge in [0.2, 0.25) is 5.89 Å². The van der Waals surface area contributed by atoms with Crippen LogP contribution >= 0.6 is 0 Å². The summed E-state index contributed by atoms with van der Waals surface area (Å²) in [7, 11) is 0. The van der Waals surface area contributed by atoms with E-state index in [2.05, 4.69) is 29.9 Å². The van der Waals surface area contributed by atoms with Gasteiger partial charge in [-0.25, -0.2) is 9.97 Å². The Bertz CT molecular complexity index is 520. The van der Waals surface area contributed by atoms with Gasteiger partial charge in [0, 0.05) is 32.4 Å². The summed E-state index contributed by atoms with van der Waals surface area (Å²) in [5, 5.41) is 3.80. The second-order valence-electron chi connectivity index (χ2n) is 4.57. The monoisotopic (exact) mass is 260 g/mol. The van der Waals surface area contributed by atoms with Crippen LogP contribution in [0.1, 0.15) is 11.7 Å². The van der Waals surface area contributed by atoms with Crippen LogP contribution in [0.4, 0.5) is 5.82 Å². The summed E-state index contributed by atoms with van der Waals surface area (Å²) < 4.78 is 5.14. The lowest BCUT2D eigenvalue weighted by Crippen LogP contribution is -2.46. The molecule has 3 heterocycles. The van der Waals surface area contributed by atoms with E-state index >= 15 is 0 Å². The van der Waals surface area contributed by atoms with Crippen molar-refractivity contribution in [3.8, 4) is 0 Å². The normalized spacial score (nSPS) is 16.8. The standard InChI is InChI=1S/C12H16N6O/c1-10-15-12(19-16-10)8-17-4-6-18(7-5-17)11-2-3-13-9-14-11/h2-3,9H,4-8H2,1H3. The summed E-state index contributed by atoms with van der Waals surface area (Å²) >= 11 is 0. The van der Waals surface area contributed by atoms with E-state index in [4.69, 9.17) is 4.52 Å². The molecule has 0 aromatic carbocycles. The van der Waals surface area contributed by atoms with Crippen molar-refractivity contribution in [2.75, 3.05) is 31.1 Å². The van der Waals surface area contributed by atoms with Crippen LogP contribution in [0.25, 0.3) is 0 Å². The van der Waals surface area contributed by atoms with Gasteiger partial charge in [-0.2, -0.15) is 4.98 Å². The van der Waals surface area contributed by atoms with Crippen molar-refractivity contribution < 1.29 is 4.52 Å². The molecule has 0 N–H and O–H groups in total. The van der Waals surface area contributed by atoms with E-state index < -0.39 is 0 Å². The molecule has 1 aliphatic heterocycles. The van der Waals surface area contributed by atoms with Crippen molar-refractivity contribution >= 4 is 5.82 Å². The Hall–Kier alpha value is -2.02. The van der Waals surface area contributed by atoms with E-state index in [1.165, 1.54) is 0 Å². The van der Waals surface area contributed by atoms with Crippen LogP contribution in [0.15, 0.2) is 23.1 Å². The number of hydrogen-bond acceptors (Lipinski definition) is 7. The molecule has 0 unspecified atom stereocenters. The minimum Gasteiger partial charge on any atom is -0.354 e. The number of rotatable bonds is 3. The SMILES string of the molecule is Cc1noc(CN2CCN(c3ccncn3)CC2)n1. The third-order valence-corrected chi connectivity index (χ3v) is 3.19. The molecule has 1 fully saturated rings. The first-order valence-electron chi connectivity index (χ1n) is 6.34. The topological polar surface area (TPSA) is 71.2 Å². The molecule has 100 valence electrons. The summed E-state index contributed by atoms with van der Waals surface area (Å²) in [5.74, 6) is 2.37. The number of anilines is 1. The van der Waals surface area contributed by atoms with Crippen molar-refractivity contribution in [3.05, 3.63) is 30.3 Å². The van der Waals surface area contributed by atoms with E-state index in [1.807, 2.05) is 13.0 Å². The third-order valence-electron chi connectivity index (χ3n) is 3.19. The van der Waals surface area contributed by atoms with Gasteiger partial charge in [-0.3, -0.25) is 4.90 Å². The van der Waals surface area contributed by atoms with Gasteiger partial charge < -0.3 is 9.42 Å². The summed E-state index contributed by atoms with van der Waals surface area (Å²) in [5.41, 5.74) is 0. The fourth-order valence-electron chi connectivity index (χ4n) is 2.20. The van der Waals surface area contributed by atoms with Gasteiger partial charge in [0.15, 0.2) is 5.82 Å². The van der Waals surface area contributed by atoms with Crippen LogP contribution in [0, 0.1) is 6.92 Å². The van der Waals surface area contributed by atoms with Gasteiger partial charge in [0.25, 0.3) is 0 Å². The van der Waals surface area contributed by atoms with Gasteiger partial charge in [0.1, 0.15) is 12.1 Å². The Morgan fingerprint density at radius 1 is 1.26 bits per heavy atom. The molecule has 1 saturated heterocycles. The molecule has 7 nitrogen and oxygen atoms in total. The lowest BCUT2D eigenvalue weighted by atomic mass is 10.3. The lowest BCUT2D eigenvalue weighted by Gasteiger charge is -2.34. The highest BCUT2D eigenvalue weighted by molar-refractivity contribution is 5.36. The van der Waals surface area contributed by atoms with Crippen molar-refractivity contribution in [2.24, 2.45) is 0 Å². The second-order valence-corrected chi connectivity index (χ2v) is 4.57. The fourth-order valence-corrected chi connectivity index (χ4v) is 2.20. The highest BCUT2D eigenvalue weighted by Crippen LogP contribution is 2.13. The first kappa shape index (κ1) is 12.0. The Morgan fingerprint density at radius 3 is 2.74 bits per heavy atom. The molecule has 0 bridgehead atoms. The van der Waals surface area contributed by atoms with Gasteiger partial charge in [-0.1, -0.05) is 5.16 Å². The van der Waals surface area contributed by atoms with Crippen molar-refractivity contribution in [1.82, 2.24) is 25.0 Å². The predicted octanol–water partition coefficient (Wildman–Crippen LogP) is 0.490. The number of hydrogen-bond donors (Lipinski definition) is 0. The highest BCUT2D eigenvalue weighted by atomic mass is 16.5. The van der Waals surface area contributed by atoms with E-state index in [9.17, 15) is 0 Å². The second kappa shape index (κ2) is 5.31. The van der Waals surface area contributed by atoms with E-state index in [-0.39, 0.29) is 0 Å². The lowest BCUT2D eigenvalue weighted by molar-refractivity contribution is 0.215. The van der Waals surface area contributed by atoms with Crippen LogP contribution in [0.5, 0.6) is 0 Å². The Morgan fingerprint density at radius 2 is 2.11 bits per heavy atom. The maximum atomic E-state index is 5.14. The zero-order valence-electron chi connectivity index (χ0n) is 10.9. The van der Waals surface area contributed by atoms with Crippen LogP contribution in [0.3, 0.4) is 0 Å². The van der Waals surface area contributed by atoms with Gasteiger partial charge in [-0.05, 0) is 13.0 Å². The maximum absolute atomic E-state index is 5.14. The molecule has 3 rings (SSSR count). The number of aryl methyl sites for hydroxylation is 1. The van der Waals surface area contributed by atoms with Gasteiger partial charge >= 0.3 is 0 Å². The third kappa shape index (κ3) is 2.87. The van der Waals surface area contributed by atoms with Crippen molar-refractivity contribution in [2.45, 2.75) is 13.5 Å². The molecule has 2 aromatic heterocycles. The van der Waals surface area contributed by atoms with E-state index in [0.717, 1.165) is 38.5 Å². The van der Waals surface area contributed by atoms with E-state index in [0.29, 0.717) is 11.7 Å². The molecule has 2 aromatic rings. The average molecular weight is 260 g/mol. The maximum Gasteiger partial charge on any atom is 0.240 e. The summed E-state index contributed by atoms with van der Waals surface area (Å²) in [6.45, 7) is 6.38. The van der Waals surface area contributed by atoms with Crippen LogP contribution in [-0.2, 0) is 6.54 Å². The molecule has 0 aliphatic carbocycles. The van der Waals surface area contributed by atoms with Gasteiger partial charge in [-0.15, -0.1) is 0 Å². The van der Waals surface area contributed by atoms with Crippen molar-refractivity contribution in [3.63, 3.8) is 0 Å². The molecule has 0 radical (unpaired) electrons. The molecule has 7 heteroatoms. The minimum absolute atomic E-state index is 0.688. The van der Waals surface area contributed by atoms with E-state index in [1.54, 1.807) is 12.5 Å². The molecule has 0 atom stereocenters. The Balaban J connectivity index is 1.55. The molecule has 19 heavy (non-hydrogen) atoms. The number of piperazine rings is 1. The molecule has 0 saturated carbocycles. The fraction of sp³-hybridized carbons (Fsp3) is 0.500. The molecular weight excluding hydrogens is 244 g/mol. The molecule has 1 aliphatic rings. The first-order valence-corrected chi connectivity index (χ1v) is 6.34. The summed E-state index contributed by atoms with van der Waals surface area (Å²) in [4.78, 5) is 17.0. The van der Waals surface area contributed by atoms with Gasteiger partial charge in [0.05, 0.1) is 6.54 Å². The summed E-state index contributed by atoms with van der Waals surface area (Å²) in [6, 6.07) is 1.94. The summed E-state index contributed by atoms with van der Waals surface area (Å²) in [6.07, 6.45) is 3.36. The Kier molecular flexibility index (Phi) is 3.37. The molecule has 0 amide bonds. The zero-order valence-corrected chi connectivity index (χ0v) is 10.9. The number of nitrogens with zero attached hydrogens (tertiary/aromatic N) is 6. The zero-order chi connectivity index (χ0) is 13.1. The highest BCUT2D eigenvalue weighted by Gasteiger charge is 2.19. The average Bonchev–Trinajstić information content (AvgIpc) is 2.86. The number of aromatic nitrogens is 4. The van der Waals surface area contributed by atoms with Crippen LogP contribution in [-0.4, -0.2) is 51.2 Å². The van der Waals surface area contributed by atoms with Crippen molar-refractivity contribution in [1.29, 1.82) is 0 Å². The quantitative estimate of drug-likeness (QED) is 0.795. The van der Waals surface area contributed by atoms with Crippen LogP contribution < -0.4 is 4.90 Å². The predicted molar refractivity (Wildman–Crippen MR) is 68.6 cm³/mol. The molecular formula is C12H16N6O. The minimum atomic E-state index is 0.688. The Labute approximate surface area is 111 Å². The smallest absolute Gasteiger partial charge is 0.240 e.